The summed E-state index contributed by atoms with van der Waals surface area (Å²) in [6.07, 6.45) is 3.75. The van der Waals surface area contributed by atoms with Gasteiger partial charge in [0, 0.05) is 19.2 Å². The van der Waals surface area contributed by atoms with E-state index in [1.54, 1.807) is 6.92 Å². The molecule has 2 rings (SSSR count). The Morgan fingerprint density at radius 1 is 1.31 bits per heavy atom. The fourth-order valence-electron chi connectivity index (χ4n) is 2.18. The van der Waals surface area contributed by atoms with E-state index in [9.17, 15) is 4.79 Å². The van der Waals surface area contributed by atoms with Crippen LogP contribution in [-0.2, 0) is 17.8 Å². The number of benzene rings is 1. The summed E-state index contributed by atoms with van der Waals surface area (Å²) in [5, 5.41) is 1.23. The zero-order valence-electron chi connectivity index (χ0n) is 9.86. The van der Waals surface area contributed by atoms with Crippen LogP contribution in [0.2, 0.25) is 0 Å². The largest absolute Gasteiger partial charge is 0.347 e. The summed E-state index contributed by atoms with van der Waals surface area (Å²) in [6, 6.07) is 8.30. The molecule has 0 unspecified atom stereocenters. The first-order valence-electron chi connectivity index (χ1n) is 5.78. The molecule has 0 aliphatic rings. The fraction of sp³-hybridized carbons (Fsp3) is 0.357. The van der Waals surface area contributed by atoms with Gasteiger partial charge in [-0.25, -0.2) is 0 Å². The highest BCUT2D eigenvalue weighted by Crippen LogP contribution is 2.21. The first kappa shape index (κ1) is 10.9. The molecule has 0 aliphatic carbocycles. The zero-order valence-corrected chi connectivity index (χ0v) is 9.86. The Bertz CT molecular complexity index is 510. The number of aromatic nitrogens is 1. The van der Waals surface area contributed by atoms with Crippen molar-refractivity contribution in [3.05, 3.63) is 36.0 Å². The summed E-state index contributed by atoms with van der Waals surface area (Å²) in [5.41, 5.74) is 2.36. The smallest absolute Gasteiger partial charge is 0.134 e. The lowest BCUT2D eigenvalue weighted by atomic mass is 10.1. The molecule has 2 nitrogen and oxygen atoms in total. The van der Waals surface area contributed by atoms with Gasteiger partial charge in [0.1, 0.15) is 5.78 Å². The van der Waals surface area contributed by atoms with Gasteiger partial charge >= 0.3 is 0 Å². The van der Waals surface area contributed by atoms with Crippen LogP contribution in [0.1, 0.15) is 25.8 Å². The van der Waals surface area contributed by atoms with E-state index in [0.717, 1.165) is 18.5 Å². The zero-order chi connectivity index (χ0) is 11.5. The second-order valence-corrected chi connectivity index (χ2v) is 4.24. The maximum Gasteiger partial charge on any atom is 0.134 e. The van der Waals surface area contributed by atoms with E-state index in [2.05, 4.69) is 35.9 Å². The first-order valence-corrected chi connectivity index (χ1v) is 5.78. The van der Waals surface area contributed by atoms with Gasteiger partial charge in [-0.3, -0.25) is 4.79 Å². The number of hydrogen-bond acceptors (Lipinski definition) is 1. The molecule has 0 N–H and O–H groups in total. The maximum atomic E-state index is 11.2. The summed E-state index contributed by atoms with van der Waals surface area (Å²) in [6.45, 7) is 4.82. The molecule has 2 heteroatoms. The van der Waals surface area contributed by atoms with Crippen molar-refractivity contribution < 1.29 is 4.79 Å². The van der Waals surface area contributed by atoms with E-state index >= 15 is 0 Å². The van der Waals surface area contributed by atoms with Gasteiger partial charge in [0.15, 0.2) is 0 Å². The normalized spacial score (nSPS) is 10.9. The molecule has 1 heterocycles. The molecule has 0 spiro atoms. The fourth-order valence-corrected chi connectivity index (χ4v) is 2.18. The molecule has 84 valence electrons. The average molecular weight is 215 g/mol. The van der Waals surface area contributed by atoms with Crippen molar-refractivity contribution in [1.82, 2.24) is 4.57 Å². The predicted octanol–water partition coefficient (Wildman–Crippen LogP) is 3.18. The van der Waals surface area contributed by atoms with Crippen molar-refractivity contribution in [3.63, 3.8) is 0 Å². The van der Waals surface area contributed by atoms with Crippen molar-refractivity contribution in [2.45, 2.75) is 33.2 Å². The molecule has 0 fully saturated rings. The van der Waals surface area contributed by atoms with E-state index in [1.165, 1.54) is 10.9 Å². The van der Waals surface area contributed by atoms with Crippen molar-refractivity contribution in [2.24, 2.45) is 0 Å². The Hall–Kier alpha value is -1.57. The van der Waals surface area contributed by atoms with Gasteiger partial charge in [0.05, 0.1) is 5.52 Å². The van der Waals surface area contributed by atoms with Crippen LogP contribution in [0, 0.1) is 0 Å². The Morgan fingerprint density at radius 3 is 2.81 bits per heavy atom. The van der Waals surface area contributed by atoms with Crippen LogP contribution in [0.5, 0.6) is 0 Å². The second kappa shape index (κ2) is 4.52. The number of Topliss-reactive ketones (excluding diaryl/α,β-unsaturated/α-hetero) is 1. The maximum absolute atomic E-state index is 11.2. The quantitative estimate of drug-likeness (QED) is 0.767. The predicted molar refractivity (Wildman–Crippen MR) is 66.6 cm³/mol. The third-order valence-electron chi connectivity index (χ3n) is 2.78. The molecular weight excluding hydrogens is 198 g/mol. The molecule has 0 atom stereocenters. The van der Waals surface area contributed by atoms with E-state index in [4.69, 9.17) is 0 Å². The number of ketones is 1. The van der Waals surface area contributed by atoms with Crippen LogP contribution >= 0.6 is 0 Å². The average Bonchev–Trinajstić information content (AvgIpc) is 2.62. The van der Waals surface area contributed by atoms with Crippen molar-refractivity contribution in [2.75, 3.05) is 0 Å². The first-order chi connectivity index (χ1) is 7.72. The van der Waals surface area contributed by atoms with E-state index < -0.39 is 0 Å². The molecule has 0 bridgehead atoms. The Labute approximate surface area is 95.9 Å². The lowest BCUT2D eigenvalue weighted by Gasteiger charge is -2.07. The summed E-state index contributed by atoms with van der Waals surface area (Å²) in [7, 11) is 0. The highest BCUT2D eigenvalue weighted by atomic mass is 16.1. The van der Waals surface area contributed by atoms with Crippen LogP contribution < -0.4 is 0 Å². The van der Waals surface area contributed by atoms with Gasteiger partial charge in [-0.1, -0.05) is 25.1 Å². The number of nitrogens with zero attached hydrogens (tertiary/aromatic N) is 1. The van der Waals surface area contributed by atoms with Crippen LogP contribution in [0.15, 0.2) is 30.5 Å². The van der Waals surface area contributed by atoms with Gasteiger partial charge in [0.2, 0.25) is 0 Å². The number of fused-ring (bicyclic) bond motifs is 1. The minimum atomic E-state index is 0.219. The number of hydrogen-bond donors (Lipinski definition) is 0. The van der Waals surface area contributed by atoms with Crippen molar-refractivity contribution in [1.29, 1.82) is 0 Å². The van der Waals surface area contributed by atoms with Crippen LogP contribution in [-0.4, -0.2) is 10.4 Å². The van der Waals surface area contributed by atoms with Crippen LogP contribution in [0.4, 0.5) is 0 Å². The molecule has 0 saturated heterocycles. The highest BCUT2D eigenvalue weighted by Gasteiger charge is 2.07. The topological polar surface area (TPSA) is 22.0 Å². The Balaban J connectivity index is 2.54. The molecular formula is C14H17NO. The molecule has 0 radical (unpaired) electrons. The van der Waals surface area contributed by atoms with Gasteiger partial charge < -0.3 is 4.57 Å². The van der Waals surface area contributed by atoms with E-state index in [1.807, 2.05) is 6.07 Å². The second-order valence-electron chi connectivity index (χ2n) is 4.24. The van der Waals surface area contributed by atoms with Gasteiger partial charge in [-0.15, -0.1) is 0 Å². The molecule has 1 aromatic carbocycles. The molecule has 2 aromatic rings. The summed E-state index contributed by atoms with van der Waals surface area (Å²) < 4.78 is 2.24. The lowest BCUT2D eigenvalue weighted by molar-refractivity contribution is -0.116. The molecule has 0 amide bonds. The van der Waals surface area contributed by atoms with Crippen molar-refractivity contribution in [3.8, 4) is 0 Å². The van der Waals surface area contributed by atoms with Gasteiger partial charge in [-0.05, 0) is 30.4 Å². The summed E-state index contributed by atoms with van der Waals surface area (Å²) >= 11 is 0. The highest BCUT2D eigenvalue weighted by molar-refractivity contribution is 5.88. The van der Waals surface area contributed by atoms with Crippen LogP contribution in [0.3, 0.4) is 0 Å². The van der Waals surface area contributed by atoms with E-state index in [-0.39, 0.29) is 5.78 Å². The molecule has 0 aliphatic heterocycles. The monoisotopic (exact) mass is 215 g/mol. The lowest BCUT2D eigenvalue weighted by Crippen LogP contribution is -2.01. The van der Waals surface area contributed by atoms with Crippen LogP contribution in [0.25, 0.3) is 10.9 Å². The number of rotatable bonds is 4. The van der Waals surface area contributed by atoms with Crippen molar-refractivity contribution >= 4 is 16.7 Å². The molecule has 16 heavy (non-hydrogen) atoms. The van der Waals surface area contributed by atoms with Gasteiger partial charge in [0.25, 0.3) is 0 Å². The van der Waals surface area contributed by atoms with Gasteiger partial charge in [-0.2, -0.15) is 0 Å². The number of carbonyl (C=O) groups is 1. The third-order valence-corrected chi connectivity index (χ3v) is 2.78. The SMILES string of the molecule is CCCn1ccc2cccc(CC(C)=O)c21. The van der Waals surface area contributed by atoms with E-state index in [0.29, 0.717) is 6.42 Å². The number of para-hydroxylation sites is 1. The third kappa shape index (κ3) is 2.01. The standard InChI is InChI=1S/C14H17NO/c1-3-8-15-9-7-12-5-4-6-13(14(12)15)10-11(2)16/h4-7,9H,3,8,10H2,1-2H3. The number of aryl methyl sites for hydroxylation is 1. The Morgan fingerprint density at radius 2 is 2.12 bits per heavy atom. The summed E-state index contributed by atoms with van der Waals surface area (Å²) in [4.78, 5) is 11.2. The molecule has 1 aromatic heterocycles. The summed E-state index contributed by atoms with van der Waals surface area (Å²) in [5.74, 6) is 0.219. The number of carbonyl (C=O) groups excluding carboxylic acids is 1. The Kier molecular flexibility index (Phi) is 3.09. The minimum absolute atomic E-state index is 0.219. The minimum Gasteiger partial charge on any atom is -0.347 e. The molecule has 0 saturated carbocycles.